The number of hydrogen-bond acceptors (Lipinski definition) is 4. The Hall–Kier alpha value is -2.06. The standard InChI is InChI=1S/C9H10F3N3O3/c1-15-5(3-6(14-15)9(10,11)12)8(17)13-4-7(16)18-2/h3H,4H2,1-2H3,(H,13,17). The Balaban J connectivity index is 2.81. The molecule has 1 amide bonds. The zero-order valence-electron chi connectivity index (χ0n) is 9.54. The van der Waals surface area contributed by atoms with E-state index in [9.17, 15) is 22.8 Å². The number of alkyl halides is 3. The molecule has 0 radical (unpaired) electrons. The smallest absolute Gasteiger partial charge is 0.435 e. The Morgan fingerprint density at radius 3 is 2.56 bits per heavy atom. The summed E-state index contributed by atoms with van der Waals surface area (Å²) in [6.45, 7) is -0.429. The quantitative estimate of drug-likeness (QED) is 0.800. The lowest BCUT2D eigenvalue weighted by molar-refractivity contribution is -0.141. The Kier molecular flexibility index (Phi) is 3.94. The number of carbonyl (C=O) groups is 2. The number of esters is 1. The van der Waals surface area contributed by atoms with E-state index in [0.717, 1.165) is 11.8 Å². The summed E-state index contributed by atoms with van der Waals surface area (Å²) < 4.78 is 42.1. The zero-order valence-corrected chi connectivity index (χ0v) is 9.54. The van der Waals surface area contributed by atoms with Gasteiger partial charge in [-0.05, 0) is 0 Å². The van der Waals surface area contributed by atoms with Crippen LogP contribution in [0.25, 0.3) is 0 Å². The zero-order chi connectivity index (χ0) is 13.9. The first-order valence-electron chi connectivity index (χ1n) is 4.72. The van der Waals surface area contributed by atoms with Gasteiger partial charge in [0.25, 0.3) is 5.91 Å². The molecule has 100 valence electrons. The molecule has 1 aromatic heterocycles. The number of rotatable bonds is 3. The van der Waals surface area contributed by atoms with E-state index >= 15 is 0 Å². The molecule has 1 N–H and O–H groups in total. The van der Waals surface area contributed by atoms with Crippen molar-refractivity contribution in [2.24, 2.45) is 7.05 Å². The second kappa shape index (κ2) is 5.07. The molecule has 1 rings (SSSR count). The summed E-state index contributed by atoms with van der Waals surface area (Å²) in [5.74, 6) is -1.55. The van der Waals surface area contributed by atoms with Crippen LogP contribution in [0.15, 0.2) is 6.07 Å². The first-order valence-corrected chi connectivity index (χ1v) is 4.72. The van der Waals surface area contributed by atoms with Crippen LogP contribution in [0.4, 0.5) is 13.2 Å². The highest BCUT2D eigenvalue weighted by atomic mass is 19.4. The van der Waals surface area contributed by atoms with E-state index in [4.69, 9.17) is 0 Å². The molecule has 0 spiro atoms. The van der Waals surface area contributed by atoms with Crippen LogP contribution in [0, 0.1) is 0 Å². The van der Waals surface area contributed by atoms with Crippen LogP contribution in [0.3, 0.4) is 0 Å². The predicted molar refractivity (Wildman–Crippen MR) is 52.6 cm³/mol. The Bertz CT molecular complexity index is 467. The van der Waals surface area contributed by atoms with Gasteiger partial charge in [-0.15, -0.1) is 0 Å². The molecule has 1 aromatic rings. The monoisotopic (exact) mass is 265 g/mol. The van der Waals surface area contributed by atoms with Gasteiger partial charge >= 0.3 is 12.1 Å². The van der Waals surface area contributed by atoms with Crippen LogP contribution in [-0.2, 0) is 22.8 Å². The Labute approximate surface area is 99.7 Å². The minimum absolute atomic E-state index is 0.300. The van der Waals surface area contributed by atoms with E-state index in [1.807, 2.05) is 0 Å². The van der Waals surface area contributed by atoms with Crippen LogP contribution in [0.5, 0.6) is 0 Å². The minimum Gasteiger partial charge on any atom is -0.468 e. The second-order valence-electron chi connectivity index (χ2n) is 3.29. The highest BCUT2D eigenvalue weighted by Gasteiger charge is 2.35. The second-order valence-corrected chi connectivity index (χ2v) is 3.29. The number of nitrogens with zero attached hydrogens (tertiary/aromatic N) is 2. The fourth-order valence-electron chi connectivity index (χ4n) is 1.13. The van der Waals surface area contributed by atoms with Gasteiger partial charge in [-0.1, -0.05) is 0 Å². The van der Waals surface area contributed by atoms with Crippen LogP contribution in [-0.4, -0.2) is 35.3 Å². The van der Waals surface area contributed by atoms with Crippen molar-refractivity contribution in [1.29, 1.82) is 0 Å². The first kappa shape index (κ1) is 14.0. The molecule has 1 heterocycles. The van der Waals surface area contributed by atoms with Gasteiger partial charge in [0.15, 0.2) is 5.69 Å². The lowest BCUT2D eigenvalue weighted by Gasteiger charge is -2.03. The van der Waals surface area contributed by atoms with Crippen molar-refractivity contribution in [3.05, 3.63) is 17.5 Å². The van der Waals surface area contributed by atoms with Crippen LogP contribution < -0.4 is 5.32 Å². The number of aryl methyl sites for hydroxylation is 1. The van der Waals surface area contributed by atoms with Crippen molar-refractivity contribution in [1.82, 2.24) is 15.1 Å². The van der Waals surface area contributed by atoms with Gasteiger partial charge in [0.1, 0.15) is 12.2 Å². The number of carbonyl (C=O) groups excluding carboxylic acids is 2. The molecule has 0 aliphatic rings. The summed E-state index contributed by atoms with van der Waals surface area (Å²) in [7, 11) is 2.32. The number of hydrogen-bond donors (Lipinski definition) is 1. The number of aromatic nitrogens is 2. The summed E-state index contributed by atoms with van der Waals surface area (Å²) in [4.78, 5) is 22.2. The van der Waals surface area contributed by atoms with E-state index in [1.54, 1.807) is 0 Å². The Morgan fingerprint density at radius 2 is 2.11 bits per heavy atom. The third-order valence-electron chi connectivity index (χ3n) is 2.02. The summed E-state index contributed by atoms with van der Waals surface area (Å²) in [6, 6.07) is 0.604. The van der Waals surface area contributed by atoms with Crippen LogP contribution >= 0.6 is 0 Å². The van der Waals surface area contributed by atoms with Gasteiger partial charge in [-0.2, -0.15) is 18.3 Å². The largest absolute Gasteiger partial charge is 0.468 e. The van der Waals surface area contributed by atoms with Crippen molar-refractivity contribution in [3.63, 3.8) is 0 Å². The maximum absolute atomic E-state index is 12.3. The first-order chi connectivity index (χ1) is 8.25. The van der Waals surface area contributed by atoms with Crippen LogP contribution in [0.1, 0.15) is 16.2 Å². The van der Waals surface area contributed by atoms with Crippen molar-refractivity contribution in [2.75, 3.05) is 13.7 Å². The molecular weight excluding hydrogens is 255 g/mol. The average Bonchev–Trinajstić information content (AvgIpc) is 2.67. The average molecular weight is 265 g/mol. The third-order valence-corrected chi connectivity index (χ3v) is 2.02. The van der Waals surface area contributed by atoms with Crippen molar-refractivity contribution in [3.8, 4) is 0 Å². The normalized spacial score (nSPS) is 11.2. The predicted octanol–water partition coefficient (Wildman–Crippen LogP) is 0.342. The molecule has 0 unspecified atom stereocenters. The lowest BCUT2D eigenvalue weighted by Crippen LogP contribution is -2.31. The molecule has 9 heteroatoms. The summed E-state index contributed by atoms with van der Waals surface area (Å²) >= 11 is 0. The van der Waals surface area contributed by atoms with E-state index in [0.29, 0.717) is 6.07 Å². The summed E-state index contributed by atoms with van der Waals surface area (Å²) in [5, 5.41) is 5.28. The molecule has 6 nitrogen and oxygen atoms in total. The van der Waals surface area contributed by atoms with E-state index in [-0.39, 0.29) is 5.69 Å². The van der Waals surface area contributed by atoms with Gasteiger partial charge < -0.3 is 10.1 Å². The molecule has 0 atom stereocenters. The molecule has 18 heavy (non-hydrogen) atoms. The molecule has 0 aliphatic heterocycles. The number of halogens is 3. The number of methoxy groups -OCH3 is 1. The van der Waals surface area contributed by atoms with Gasteiger partial charge in [-0.3, -0.25) is 14.3 Å². The van der Waals surface area contributed by atoms with Gasteiger partial charge in [0.05, 0.1) is 7.11 Å². The topological polar surface area (TPSA) is 73.2 Å². The molecule has 0 aliphatic carbocycles. The molecule has 0 saturated carbocycles. The number of ether oxygens (including phenoxy) is 1. The molecule has 0 bridgehead atoms. The fraction of sp³-hybridized carbons (Fsp3) is 0.444. The van der Waals surface area contributed by atoms with Gasteiger partial charge in [-0.25, -0.2) is 0 Å². The van der Waals surface area contributed by atoms with Crippen molar-refractivity contribution >= 4 is 11.9 Å². The Morgan fingerprint density at radius 1 is 1.50 bits per heavy atom. The van der Waals surface area contributed by atoms with E-state index < -0.39 is 30.3 Å². The number of amides is 1. The summed E-state index contributed by atoms with van der Waals surface area (Å²) in [6.07, 6.45) is -4.63. The maximum Gasteiger partial charge on any atom is 0.435 e. The molecule has 0 saturated heterocycles. The van der Waals surface area contributed by atoms with Gasteiger partial charge in [0, 0.05) is 13.1 Å². The van der Waals surface area contributed by atoms with Crippen LogP contribution in [0.2, 0.25) is 0 Å². The highest BCUT2D eigenvalue weighted by molar-refractivity contribution is 5.94. The van der Waals surface area contributed by atoms with E-state index in [1.165, 1.54) is 7.05 Å². The molecular formula is C9H10F3N3O3. The maximum atomic E-state index is 12.3. The van der Waals surface area contributed by atoms with Crippen molar-refractivity contribution < 1.29 is 27.5 Å². The minimum atomic E-state index is -4.63. The molecule has 0 aromatic carbocycles. The molecule has 0 fully saturated rings. The summed E-state index contributed by atoms with van der Waals surface area (Å²) in [5.41, 5.74) is -1.47. The lowest BCUT2D eigenvalue weighted by atomic mass is 10.3. The van der Waals surface area contributed by atoms with Gasteiger partial charge in [0.2, 0.25) is 0 Å². The van der Waals surface area contributed by atoms with Crippen molar-refractivity contribution in [2.45, 2.75) is 6.18 Å². The SMILES string of the molecule is COC(=O)CNC(=O)c1cc(C(F)(F)F)nn1C. The van der Waals surface area contributed by atoms with E-state index in [2.05, 4.69) is 15.2 Å². The fourth-order valence-corrected chi connectivity index (χ4v) is 1.13. The third kappa shape index (κ3) is 3.22. The number of nitrogens with one attached hydrogen (secondary N) is 1. The highest BCUT2D eigenvalue weighted by Crippen LogP contribution is 2.28.